The number of rotatable bonds is 3. The molecule has 1 rings (SSSR count). The summed E-state index contributed by atoms with van der Waals surface area (Å²) in [6.07, 6.45) is 1.42. The molecule has 88 valence electrons. The molecular weight excluding hydrogens is 220 g/mol. The normalized spacial score (nSPS) is 9.00. The molecule has 0 bridgehead atoms. The Morgan fingerprint density at radius 2 is 2.24 bits per heavy atom. The van der Waals surface area contributed by atoms with Crippen molar-refractivity contribution in [2.45, 2.75) is 13.3 Å². The van der Waals surface area contributed by atoms with E-state index >= 15 is 0 Å². The van der Waals surface area contributed by atoms with Gasteiger partial charge in [-0.3, -0.25) is 14.6 Å². The average molecular weight is 232 g/mol. The van der Waals surface area contributed by atoms with Gasteiger partial charge in [-0.2, -0.15) is 0 Å². The molecule has 0 atom stereocenters. The van der Waals surface area contributed by atoms with Crippen LogP contribution >= 0.6 is 0 Å². The number of amides is 1. The predicted molar refractivity (Wildman–Crippen MR) is 61.1 cm³/mol. The Balaban J connectivity index is 2.55. The summed E-state index contributed by atoms with van der Waals surface area (Å²) in [6, 6.07) is 3.32. The summed E-state index contributed by atoms with van der Waals surface area (Å²) in [4.78, 5) is 24.9. The van der Waals surface area contributed by atoms with E-state index in [2.05, 4.69) is 22.1 Å². The van der Waals surface area contributed by atoms with Crippen molar-refractivity contribution in [1.29, 1.82) is 0 Å². The van der Waals surface area contributed by atoms with E-state index in [1.165, 1.54) is 13.1 Å². The highest BCUT2D eigenvalue weighted by atomic mass is 16.4. The number of hydrogen-bond donors (Lipinski definition) is 2. The van der Waals surface area contributed by atoms with Gasteiger partial charge in [0.1, 0.15) is 0 Å². The second kappa shape index (κ2) is 6.28. The Labute approximate surface area is 98.9 Å². The standard InChI is InChI=1S/C12H12N2O3/c1-9(15)13-6-2-3-10-4-5-11(14-8-10)7-12(16)17/h4-5,8H,6-7H2,1H3,(H,13,15)(H,16,17). The lowest BCUT2D eigenvalue weighted by atomic mass is 10.2. The van der Waals surface area contributed by atoms with E-state index in [9.17, 15) is 9.59 Å². The molecule has 17 heavy (non-hydrogen) atoms. The summed E-state index contributed by atoms with van der Waals surface area (Å²) >= 11 is 0. The molecule has 0 spiro atoms. The number of aliphatic carboxylic acids is 1. The monoisotopic (exact) mass is 232 g/mol. The zero-order valence-electron chi connectivity index (χ0n) is 9.36. The molecule has 0 aliphatic carbocycles. The van der Waals surface area contributed by atoms with E-state index in [4.69, 9.17) is 5.11 Å². The van der Waals surface area contributed by atoms with Gasteiger partial charge in [-0.25, -0.2) is 0 Å². The highest BCUT2D eigenvalue weighted by Crippen LogP contribution is 1.99. The molecule has 5 nitrogen and oxygen atoms in total. The topological polar surface area (TPSA) is 79.3 Å². The van der Waals surface area contributed by atoms with Crippen LogP contribution in [-0.4, -0.2) is 28.5 Å². The minimum absolute atomic E-state index is 0.0976. The first-order valence-electron chi connectivity index (χ1n) is 4.98. The van der Waals surface area contributed by atoms with Gasteiger partial charge in [-0.05, 0) is 12.1 Å². The minimum Gasteiger partial charge on any atom is -0.481 e. The number of carboxylic acid groups (broad SMARTS) is 1. The third-order valence-electron chi connectivity index (χ3n) is 1.82. The Hall–Kier alpha value is -2.35. The third-order valence-corrected chi connectivity index (χ3v) is 1.82. The van der Waals surface area contributed by atoms with Crippen molar-refractivity contribution in [3.8, 4) is 11.8 Å². The zero-order chi connectivity index (χ0) is 12.7. The Morgan fingerprint density at radius 3 is 2.76 bits per heavy atom. The molecule has 0 unspecified atom stereocenters. The Morgan fingerprint density at radius 1 is 1.47 bits per heavy atom. The highest BCUT2D eigenvalue weighted by molar-refractivity contribution is 5.73. The summed E-state index contributed by atoms with van der Waals surface area (Å²) in [5.74, 6) is 4.52. The van der Waals surface area contributed by atoms with Gasteiger partial charge in [-0.1, -0.05) is 11.8 Å². The number of hydrogen-bond acceptors (Lipinski definition) is 3. The smallest absolute Gasteiger partial charge is 0.309 e. The maximum Gasteiger partial charge on any atom is 0.309 e. The van der Waals surface area contributed by atoms with Crippen LogP contribution in [0.5, 0.6) is 0 Å². The van der Waals surface area contributed by atoms with Gasteiger partial charge < -0.3 is 10.4 Å². The minimum atomic E-state index is -0.915. The first-order chi connectivity index (χ1) is 8.08. The average Bonchev–Trinajstić information content (AvgIpc) is 2.25. The van der Waals surface area contributed by atoms with E-state index in [1.54, 1.807) is 12.1 Å². The second-order valence-electron chi connectivity index (χ2n) is 3.32. The molecule has 5 heteroatoms. The molecule has 0 saturated heterocycles. The van der Waals surface area contributed by atoms with Gasteiger partial charge >= 0.3 is 5.97 Å². The lowest BCUT2D eigenvalue weighted by Gasteiger charge is -1.95. The largest absolute Gasteiger partial charge is 0.481 e. The summed E-state index contributed by atoms with van der Waals surface area (Å²) in [5, 5.41) is 11.1. The Bertz CT molecular complexity index is 469. The number of nitrogens with zero attached hydrogens (tertiary/aromatic N) is 1. The molecule has 1 amide bonds. The van der Waals surface area contributed by atoms with Crippen LogP contribution in [0.4, 0.5) is 0 Å². The van der Waals surface area contributed by atoms with Crippen molar-refractivity contribution >= 4 is 11.9 Å². The van der Waals surface area contributed by atoms with Crippen molar-refractivity contribution in [2.75, 3.05) is 6.54 Å². The van der Waals surface area contributed by atoms with Crippen LogP contribution < -0.4 is 5.32 Å². The van der Waals surface area contributed by atoms with Gasteiger partial charge in [0.15, 0.2) is 0 Å². The lowest BCUT2D eigenvalue weighted by molar-refractivity contribution is -0.136. The fourth-order valence-corrected chi connectivity index (χ4v) is 1.07. The van der Waals surface area contributed by atoms with Gasteiger partial charge in [0, 0.05) is 18.7 Å². The zero-order valence-corrected chi connectivity index (χ0v) is 9.36. The van der Waals surface area contributed by atoms with E-state index in [-0.39, 0.29) is 18.9 Å². The fraction of sp³-hybridized carbons (Fsp3) is 0.250. The summed E-state index contributed by atoms with van der Waals surface area (Å²) in [5.41, 5.74) is 1.18. The van der Waals surface area contributed by atoms with Crippen molar-refractivity contribution < 1.29 is 14.7 Å². The second-order valence-corrected chi connectivity index (χ2v) is 3.32. The van der Waals surface area contributed by atoms with Gasteiger partial charge in [0.05, 0.1) is 18.7 Å². The van der Waals surface area contributed by atoms with Crippen LogP contribution in [0, 0.1) is 11.8 Å². The van der Waals surface area contributed by atoms with E-state index in [0.29, 0.717) is 11.3 Å². The molecule has 2 N–H and O–H groups in total. The number of carbonyl (C=O) groups excluding carboxylic acids is 1. The van der Waals surface area contributed by atoms with E-state index < -0.39 is 5.97 Å². The van der Waals surface area contributed by atoms with Crippen molar-refractivity contribution in [2.24, 2.45) is 0 Å². The van der Waals surface area contributed by atoms with Crippen LogP contribution in [0.1, 0.15) is 18.2 Å². The molecule has 0 radical (unpaired) electrons. The quantitative estimate of drug-likeness (QED) is 0.729. The van der Waals surface area contributed by atoms with E-state index in [1.807, 2.05) is 0 Å². The highest BCUT2D eigenvalue weighted by Gasteiger charge is 2.00. The van der Waals surface area contributed by atoms with Crippen LogP contribution in [0.2, 0.25) is 0 Å². The molecule has 0 aromatic carbocycles. The van der Waals surface area contributed by atoms with Crippen LogP contribution in [-0.2, 0) is 16.0 Å². The molecule has 1 heterocycles. The number of carboxylic acids is 1. The van der Waals surface area contributed by atoms with Crippen LogP contribution in [0.15, 0.2) is 18.3 Å². The third kappa shape index (κ3) is 5.33. The molecule has 0 saturated carbocycles. The molecular formula is C12H12N2O3. The molecule has 0 aliphatic rings. The molecule has 0 aliphatic heterocycles. The molecule has 1 aromatic rings. The summed E-state index contributed by atoms with van der Waals surface area (Å²) in [6.45, 7) is 1.70. The maximum atomic E-state index is 10.6. The van der Waals surface area contributed by atoms with Gasteiger partial charge in [-0.15, -0.1) is 0 Å². The van der Waals surface area contributed by atoms with E-state index in [0.717, 1.165) is 0 Å². The first-order valence-corrected chi connectivity index (χ1v) is 4.98. The van der Waals surface area contributed by atoms with Gasteiger partial charge in [0.2, 0.25) is 5.91 Å². The Kier molecular flexibility index (Phi) is 4.70. The predicted octanol–water partition coefficient (Wildman–Crippen LogP) is 0.196. The number of pyridine rings is 1. The summed E-state index contributed by atoms with van der Waals surface area (Å²) < 4.78 is 0. The maximum absolute atomic E-state index is 10.6. The number of aromatic nitrogens is 1. The first kappa shape index (κ1) is 12.7. The summed E-state index contributed by atoms with van der Waals surface area (Å²) in [7, 11) is 0. The number of carbonyl (C=O) groups is 2. The number of nitrogens with one attached hydrogen (secondary N) is 1. The van der Waals surface area contributed by atoms with Crippen LogP contribution in [0.3, 0.4) is 0 Å². The fourth-order valence-electron chi connectivity index (χ4n) is 1.07. The van der Waals surface area contributed by atoms with Gasteiger partial charge in [0.25, 0.3) is 0 Å². The SMILES string of the molecule is CC(=O)NCC#Cc1ccc(CC(=O)O)nc1. The van der Waals surface area contributed by atoms with Crippen LogP contribution in [0.25, 0.3) is 0 Å². The molecule has 0 fully saturated rings. The van der Waals surface area contributed by atoms with Crippen molar-refractivity contribution in [3.05, 3.63) is 29.6 Å². The van der Waals surface area contributed by atoms with Crippen molar-refractivity contribution in [3.63, 3.8) is 0 Å². The van der Waals surface area contributed by atoms with Crippen molar-refractivity contribution in [1.82, 2.24) is 10.3 Å². The lowest BCUT2D eigenvalue weighted by Crippen LogP contribution is -2.19. The molecule has 1 aromatic heterocycles.